The monoisotopic (exact) mass is 750 g/mol. The summed E-state index contributed by atoms with van der Waals surface area (Å²) in [5.41, 5.74) is 5.03. The minimum Gasteiger partial charge on any atom is -0.456 e. The Balaban J connectivity index is 1.42. The zero-order valence-corrected chi connectivity index (χ0v) is 31.3. The Labute approximate surface area is 309 Å². The van der Waals surface area contributed by atoms with Crippen LogP contribution in [0.3, 0.4) is 0 Å². The Morgan fingerprint density at radius 1 is 0.830 bits per heavy atom. The second kappa shape index (κ2) is 14.4. The fraction of sp³-hybridized carbons (Fsp3) is 0.220. The first-order chi connectivity index (χ1) is 25.4. The first-order valence-electron chi connectivity index (χ1n) is 17.4. The number of nitrogens with zero attached hydrogens (tertiary/aromatic N) is 3. The number of rotatable bonds is 9. The van der Waals surface area contributed by atoms with Crippen LogP contribution in [0.1, 0.15) is 26.2 Å². The van der Waals surface area contributed by atoms with Crippen molar-refractivity contribution in [3.63, 3.8) is 0 Å². The predicted octanol–water partition coefficient (Wildman–Crippen LogP) is 7.33. The van der Waals surface area contributed by atoms with Crippen molar-refractivity contribution in [3.05, 3.63) is 121 Å². The summed E-state index contributed by atoms with van der Waals surface area (Å²) >= 11 is 0. The molecule has 0 bridgehead atoms. The van der Waals surface area contributed by atoms with E-state index in [-0.39, 0.29) is 34.6 Å². The molecule has 0 aromatic heterocycles. The van der Waals surface area contributed by atoms with Gasteiger partial charge in [0.05, 0.1) is 15.9 Å². The van der Waals surface area contributed by atoms with Gasteiger partial charge >= 0.3 is 0 Å². The number of hydrogen-bond acceptors (Lipinski definition) is 7. The van der Waals surface area contributed by atoms with Gasteiger partial charge in [-0.25, -0.2) is 8.42 Å². The summed E-state index contributed by atoms with van der Waals surface area (Å²) in [5.74, 6) is 0.560. The molecular weight excluding hydrogens is 711 g/mol. The van der Waals surface area contributed by atoms with Crippen molar-refractivity contribution in [1.29, 1.82) is 0 Å². The smallest absolute Gasteiger partial charge is 0.294 e. The van der Waals surface area contributed by atoms with Gasteiger partial charge in [0.2, 0.25) is 21.1 Å². The molecule has 2 heterocycles. The van der Waals surface area contributed by atoms with E-state index in [0.717, 1.165) is 22.1 Å². The van der Waals surface area contributed by atoms with E-state index < -0.39 is 20.1 Å². The molecule has 2 aliphatic heterocycles. The highest BCUT2D eigenvalue weighted by Gasteiger charge is 2.34. The summed E-state index contributed by atoms with van der Waals surface area (Å²) in [7, 11) is -4.49. The van der Waals surface area contributed by atoms with Crippen LogP contribution in [0.25, 0.3) is 33.4 Å². The molecule has 0 atom stereocenters. The molecule has 0 saturated carbocycles. The molecular formula is C41H40N3O7S2+. The molecule has 0 radical (unpaired) electrons. The van der Waals surface area contributed by atoms with Crippen molar-refractivity contribution in [2.45, 2.75) is 36.0 Å². The largest absolute Gasteiger partial charge is 0.456 e. The third-order valence-electron chi connectivity index (χ3n) is 10.2. The quantitative estimate of drug-likeness (QED) is 0.0925. The van der Waals surface area contributed by atoms with Crippen LogP contribution < -0.4 is 14.8 Å². The molecule has 0 amide bonds. The lowest BCUT2D eigenvalue weighted by atomic mass is 9.92. The van der Waals surface area contributed by atoms with E-state index in [2.05, 4.69) is 0 Å². The van der Waals surface area contributed by atoms with Crippen molar-refractivity contribution in [3.8, 4) is 22.5 Å². The minimum absolute atomic E-state index is 0.124. The molecule has 1 saturated heterocycles. The fourth-order valence-electron chi connectivity index (χ4n) is 7.11. The van der Waals surface area contributed by atoms with Crippen molar-refractivity contribution in [1.82, 2.24) is 8.88 Å². The van der Waals surface area contributed by atoms with Gasteiger partial charge in [0.25, 0.3) is 10.1 Å². The number of ketones is 1. The van der Waals surface area contributed by atoms with E-state index in [9.17, 15) is 26.2 Å². The average Bonchev–Trinajstić information content (AvgIpc) is 3.18. The Bertz CT molecular complexity index is 2600. The highest BCUT2D eigenvalue weighted by molar-refractivity contribution is 7.89. The third-order valence-corrected chi connectivity index (χ3v) is 13.0. The Hall–Kier alpha value is -5.14. The van der Waals surface area contributed by atoms with E-state index in [1.54, 1.807) is 24.3 Å². The van der Waals surface area contributed by atoms with Gasteiger partial charge in [-0.1, -0.05) is 43.3 Å². The lowest BCUT2D eigenvalue weighted by Gasteiger charge is -2.31. The third kappa shape index (κ3) is 7.03. The maximum absolute atomic E-state index is 14.4. The molecule has 12 heteroatoms. The summed E-state index contributed by atoms with van der Waals surface area (Å²) < 4.78 is 71.6. The van der Waals surface area contributed by atoms with Crippen LogP contribution in [0, 0.1) is 5.92 Å². The minimum atomic E-state index is -4.34. The standard InChI is InChI=1S/C41H39N3O7S2/c1-4-37(45)28-22-24-44(25-23-28)52(46,47)40-13-9-8-12-36(40)41-34-20-16-31(42(2)29-10-6-5-7-11-29)26-38(34)51-39-27-32(17-21-35(39)41)43(3)30-14-18-33(19-15-30)53(48,49)50/h5-21,26-28H,4,22-25H2,1-3H3/p+1. The number of sulfonamides is 1. The van der Waals surface area contributed by atoms with E-state index in [1.165, 1.54) is 16.4 Å². The molecule has 7 rings (SSSR count). The molecule has 3 aliphatic rings. The van der Waals surface area contributed by atoms with Crippen molar-refractivity contribution < 1.29 is 30.6 Å². The molecule has 1 aliphatic carbocycles. The normalized spacial score (nSPS) is 15.1. The van der Waals surface area contributed by atoms with Crippen LogP contribution in [0.15, 0.2) is 129 Å². The number of benzene rings is 5. The second-order valence-electron chi connectivity index (χ2n) is 13.3. The molecule has 53 heavy (non-hydrogen) atoms. The lowest BCUT2D eigenvalue weighted by molar-refractivity contribution is -0.123. The number of piperidine rings is 1. The maximum Gasteiger partial charge on any atom is 0.294 e. The first kappa shape index (κ1) is 36.2. The number of fused-ring (bicyclic) bond motifs is 2. The van der Waals surface area contributed by atoms with E-state index in [0.29, 0.717) is 53.0 Å². The molecule has 10 nitrogen and oxygen atoms in total. The Morgan fingerprint density at radius 2 is 1.51 bits per heavy atom. The number of Topliss-reactive ketones (excluding diaryl/α,β-unsaturated/α-hetero) is 1. The summed E-state index contributed by atoms with van der Waals surface area (Å²) in [6.45, 7) is 2.39. The van der Waals surface area contributed by atoms with Gasteiger partial charge < -0.3 is 9.32 Å². The van der Waals surface area contributed by atoms with Gasteiger partial charge in [0.1, 0.15) is 24.2 Å². The SMILES string of the molecule is CCC(=O)C1CCN(S(=O)(=O)c2ccccc2-c2c3ccc(=[N+](C)c4ccc(S(=O)(=O)O)cc4)cc-3oc3cc(N(C)c4ccccc4)ccc23)CC1. The van der Waals surface area contributed by atoms with Crippen molar-refractivity contribution in [2.24, 2.45) is 5.92 Å². The lowest BCUT2D eigenvalue weighted by Crippen LogP contribution is -2.40. The van der Waals surface area contributed by atoms with Crippen LogP contribution in [0.2, 0.25) is 0 Å². The molecule has 4 aromatic rings. The first-order valence-corrected chi connectivity index (χ1v) is 20.3. The van der Waals surface area contributed by atoms with Gasteiger partial charge in [-0.3, -0.25) is 9.35 Å². The predicted molar refractivity (Wildman–Crippen MR) is 207 cm³/mol. The van der Waals surface area contributed by atoms with Crippen molar-refractivity contribution >= 4 is 54.0 Å². The second-order valence-corrected chi connectivity index (χ2v) is 16.6. The van der Waals surface area contributed by atoms with Crippen molar-refractivity contribution in [2.75, 3.05) is 32.1 Å². The molecule has 1 N–H and O–H groups in total. The van der Waals surface area contributed by atoms with Crippen LogP contribution >= 0.6 is 0 Å². The van der Waals surface area contributed by atoms with E-state index >= 15 is 0 Å². The topological polar surface area (TPSA) is 128 Å². The molecule has 0 unspecified atom stereocenters. The zero-order chi connectivity index (χ0) is 37.5. The van der Waals surface area contributed by atoms with Gasteiger partial charge in [-0.15, -0.1) is 0 Å². The zero-order valence-electron chi connectivity index (χ0n) is 29.6. The number of carbonyl (C=O) groups excluding carboxylic acids is 1. The van der Waals surface area contributed by atoms with Gasteiger partial charge in [-0.2, -0.15) is 17.3 Å². The number of hydrogen-bond donors (Lipinski definition) is 1. The summed E-state index contributed by atoms with van der Waals surface area (Å²) in [5, 5.41) is 1.47. The van der Waals surface area contributed by atoms with E-state index in [1.807, 2.05) is 109 Å². The van der Waals surface area contributed by atoms with Gasteiger partial charge in [0, 0.05) is 90.2 Å². The molecule has 4 aromatic carbocycles. The summed E-state index contributed by atoms with van der Waals surface area (Å²) in [4.78, 5) is 14.4. The average molecular weight is 751 g/mol. The van der Waals surface area contributed by atoms with Crippen LogP contribution in [-0.4, -0.2) is 58.7 Å². The van der Waals surface area contributed by atoms with Crippen LogP contribution in [0.5, 0.6) is 0 Å². The van der Waals surface area contributed by atoms with Gasteiger partial charge in [0.15, 0.2) is 0 Å². The maximum atomic E-state index is 14.4. The summed E-state index contributed by atoms with van der Waals surface area (Å²) in [6.07, 6.45) is 1.44. The number of para-hydroxylation sites is 1. The van der Waals surface area contributed by atoms with Gasteiger partial charge in [-0.05, 0) is 61.4 Å². The van der Waals surface area contributed by atoms with E-state index in [4.69, 9.17) is 4.42 Å². The van der Waals surface area contributed by atoms with Crippen LogP contribution in [-0.2, 0) is 24.9 Å². The van der Waals surface area contributed by atoms with Crippen LogP contribution in [0.4, 0.5) is 17.1 Å². The summed E-state index contributed by atoms with van der Waals surface area (Å²) in [6, 6.07) is 34.4. The highest BCUT2D eigenvalue weighted by atomic mass is 32.2. The fourth-order valence-corrected chi connectivity index (χ4v) is 9.26. The molecule has 1 fully saturated rings. The number of carbonyl (C=O) groups is 1. The Kier molecular flexibility index (Phi) is 9.81. The molecule has 0 spiro atoms. The Morgan fingerprint density at radius 3 is 2.19 bits per heavy atom. The highest BCUT2D eigenvalue weighted by Crippen LogP contribution is 2.44. The molecule has 272 valence electrons. The number of anilines is 2.